The van der Waals surface area contributed by atoms with Crippen molar-refractivity contribution in [3.8, 4) is 0 Å². The highest BCUT2D eigenvalue weighted by Gasteiger charge is 2.08. The van der Waals surface area contributed by atoms with Crippen molar-refractivity contribution in [2.75, 3.05) is 18.9 Å². The fourth-order valence-electron chi connectivity index (χ4n) is 2.73. The number of amides is 1. The van der Waals surface area contributed by atoms with Crippen molar-refractivity contribution in [1.29, 1.82) is 0 Å². The third-order valence-electron chi connectivity index (χ3n) is 4.28. The molecule has 8 heteroatoms. The number of halogens is 2. The molecule has 0 bridgehead atoms. The van der Waals surface area contributed by atoms with Crippen molar-refractivity contribution in [1.82, 2.24) is 10.6 Å². The van der Waals surface area contributed by atoms with E-state index in [-0.39, 0.29) is 41.5 Å². The first-order chi connectivity index (χ1) is 14.2. The van der Waals surface area contributed by atoms with Crippen molar-refractivity contribution >= 4 is 41.5 Å². The zero-order chi connectivity index (χ0) is 20.5. The second-order valence-electron chi connectivity index (χ2n) is 6.32. The lowest BCUT2D eigenvalue weighted by atomic mass is 10.1. The van der Waals surface area contributed by atoms with Gasteiger partial charge < -0.3 is 20.4 Å². The normalized spacial score (nSPS) is 10.8. The summed E-state index contributed by atoms with van der Waals surface area (Å²) in [4.78, 5) is 16.1. The molecule has 0 saturated heterocycles. The maximum absolute atomic E-state index is 13.7. The van der Waals surface area contributed by atoms with Crippen LogP contribution in [0.25, 0.3) is 0 Å². The Kier molecular flexibility index (Phi) is 9.33. The van der Waals surface area contributed by atoms with Crippen LogP contribution in [0.1, 0.15) is 21.7 Å². The number of nitrogens with one attached hydrogen (secondary N) is 3. The molecule has 0 unspecified atom stereocenters. The molecule has 3 N–H and O–H groups in total. The van der Waals surface area contributed by atoms with Gasteiger partial charge in [0.1, 0.15) is 5.82 Å². The number of furan rings is 1. The van der Waals surface area contributed by atoms with E-state index in [1.54, 1.807) is 31.3 Å². The minimum absolute atomic E-state index is 0. The second-order valence-corrected chi connectivity index (χ2v) is 6.32. The smallest absolute Gasteiger partial charge is 0.291 e. The van der Waals surface area contributed by atoms with Gasteiger partial charge in [-0.2, -0.15) is 0 Å². The molecular formula is C22H24FIN4O2. The summed E-state index contributed by atoms with van der Waals surface area (Å²) in [6, 6.07) is 17.5. The van der Waals surface area contributed by atoms with E-state index in [2.05, 4.69) is 20.9 Å². The Labute approximate surface area is 192 Å². The summed E-state index contributed by atoms with van der Waals surface area (Å²) in [6.07, 6.45) is 2.03. The van der Waals surface area contributed by atoms with E-state index >= 15 is 0 Å². The Morgan fingerprint density at radius 3 is 2.47 bits per heavy atom. The van der Waals surface area contributed by atoms with Crippen molar-refractivity contribution < 1.29 is 13.6 Å². The summed E-state index contributed by atoms with van der Waals surface area (Å²) < 4.78 is 18.7. The zero-order valence-corrected chi connectivity index (χ0v) is 18.9. The highest BCUT2D eigenvalue weighted by Crippen LogP contribution is 2.12. The Hall–Kier alpha value is -2.88. The van der Waals surface area contributed by atoms with Gasteiger partial charge in [0.2, 0.25) is 0 Å². The van der Waals surface area contributed by atoms with Gasteiger partial charge >= 0.3 is 0 Å². The predicted molar refractivity (Wildman–Crippen MR) is 127 cm³/mol. The van der Waals surface area contributed by atoms with Crippen LogP contribution in [0.5, 0.6) is 0 Å². The first kappa shape index (κ1) is 23.4. The van der Waals surface area contributed by atoms with Crippen LogP contribution < -0.4 is 16.0 Å². The molecule has 0 atom stereocenters. The van der Waals surface area contributed by atoms with Gasteiger partial charge in [0.25, 0.3) is 5.91 Å². The second kappa shape index (κ2) is 12.0. The van der Waals surface area contributed by atoms with Crippen molar-refractivity contribution in [2.45, 2.75) is 13.0 Å². The number of anilines is 1. The molecule has 30 heavy (non-hydrogen) atoms. The van der Waals surface area contributed by atoms with Crippen LogP contribution in [0.3, 0.4) is 0 Å². The van der Waals surface area contributed by atoms with Gasteiger partial charge in [0, 0.05) is 25.8 Å². The Morgan fingerprint density at radius 2 is 1.80 bits per heavy atom. The van der Waals surface area contributed by atoms with E-state index in [0.29, 0.717) is 36.7 Å². The van der Waals surface area contributed by atoms with E-state index in [9.17, 15) is 9.18 Å². The summed E-state index contributed by atoms with van der Waals surface area (Å²) in [5.41, 5.74) is 2.38. The topological polar surface area (TPSA) is 78.7 Å². The van der Waals surface area contributed by atoms with Crippen LogP contribution in [-0.2, 0) is 13.0 Å². The number of carbonyl (C=O) groups is 1. The van der Waals surface area contributed by atoms with E-state index in [0.717, 1.165) is 5.56 Å². The number of hydrogen-bond acceptors (Lipinski definition) is 3. The van der Waals surface area contributed by atoms with Gasteiger partial charge in [-0.15, -0.1) is 24.0 Å². The average molecular weight is 522 g/mol. The van der Waals surface area contributed by atoms with E-state index < -0.39 is 0 Å². The molecule has 6 nitrogen and oxygen atoms in total. The summed E-state index contributed by atoms with van der Waals surface area (Å²) in [5.74, 6) is 0.411. The number of nitrogens with zero attached hydrogens (tertiary/aromatic N) is 1. The highest BCUT2D eigenvalue weighted by molar-refractivity contribution is 14.0. The molecule has 0 saturated carbocycles. The molecule has 0 fully saturated rings. The number of benzene rings is 2. The van der Waals surface area contributed by atoms with E-state index in [4.69, 9.17) is 4.42 Å². The largest absolute Gasteiger partial charge is 0.459 e. The SMILES string of the molecule is CN=C(NCCc1ccccc1F)NCc1ccc(NC(=O)c2ccco2)cc1.I. The molecule has 1 aromatic heterocycles. The summed E-state index contributed by atoms with van der Waals surface area (Å²) in [6.45, 7) is 1.13. The lowest BCUT2D eigenvalue weighted by Gasteiger charge is -2.12. The summed E-state index contributed by atoms with van der Waals surface area (Å²) in [7, 11) is 1.69. The summed E-state index contributed by atoms with van der Waals surface area (Å²) >= 11 is 0. The van der Waals surface area contributed by atoms with Crippen LogP contribution in [0.4, 0.5) is 10.1 Å². The van der Waals surface area contributed by atoms with Crippen LogP contribution in [0.2, 0.25) is 0 Å². The maximum Gasteiger partial charge on any atom is 0.291 e. The Bertz CT molecular complexity index is 960. The van der Waals surface area contributed by atoms with Gasteiger partial charge in [-0.3, -0.25) is 9.79 Å². The van der Waals surface area contributed by atoms with E-state index in [1.165, 1.54) is 12.3 Å². The first-order valence-electron chi connectivity index (χ1n) is 9.27. The van der Waals surface area contributed by atoms with Gasteiger partial charge in [-0.1, -0.05) is 30.3 Å². The summed E-state index contributed by atoms with van der Waals surface area (Å²) in [5, 5.41) is 9.16. The van der Waals surface area contributed by atoms with Crippen LogP contribution in [0, 0.1) is 5.82 Å². The lowest BCUT2D eigenvalue weighted by molar-refractivity contribution is 0.0996. The minimum Gasteiger partial charge on any atom is -0.459 e. The fraction of sp³-hybridized carbons (Fsp3) is 0.182. The molecule has 1 heterocycles. The Balaban J connectivity index is 0.00000320. The molecule has 0 spiro atoms. The molecule has 3 aromatic rings. The molecule has 0 aliphatic carbocycles. The number of carbonyl (C=O) groups excluding carboxylic acids is 1. The fourth-order valence-corrected chi connectivity index (χ4v) is 2.73. The number of guanidine groups is 1. The third-order valence-corrected chi connectivity index (χ3v) is 4.28. The van der Waals surface area contributed by atoms with Gasteiger partial charge in [-0.05, 0) is 47.9 Å². The van der Waals surface area contributed by atoms with Gasteiger partial charge in [0.15, 0.2) is 11.7 Å². The highest BCUT2D eigenvalue weighted by atomic mass is 127. The number of hydrogen-bond donors (Lipinski definition) is 3. The number of rotatable bonds is 7. The Morgan fingerprint density at radius 1 is 1.03 bits per heavy atom. The van der Waals surface area contributed by atoms with Gasteiger partial charge in [-0.25, -0.2) is 4.39 Å². The lowest BCUT2D eigenvalue weighted by Crippen LogP contribution is -2.37. The molecule has 1 amide bonds. The predicted octanol–water partition coefficient (Wildman–Crippen LogP) is 4.20. The third kappa shape index (κ3) is 6.87. The molecule has 0 radical (unpaired) electrons. The molecule has 158 valence electrons. The van der Waals surface area contributed by atoms with Crippen molar-refractivity contribution in [3.05, 3.63) is 89.6 Å². The maximum atomic E-state index is 13.7. The zero-order valence-electron chi connectivity index (χ0n) is 16.5. The molecular weight excluding hydrogens is 498 g/mol. The molecule has 0 aliphatic heterocycles. The molecule has 2 aromatic carbocycles. The molecule has 0 aliphatic rings. The van der Waals surface area contributed by atoms with E-state index in [1.807, 2.05) is 30.3 Å². The van der Waals surface area contributed by atoms with Crippen LogP contribution in [0.15, 0.2) is 76.3 Å². The first-order valence-corrected chi connectivity index (χ1v) is 9.27. The standard InChI is InChI=1S/C22H23FN4O2.HI/c1-24-22(25-13-12-17-5-2-3-6-19(17)23)26-15-16-8-10-18(11-9-16)27-21(28)20-7-4-14-29-20;/h2-11,14H,12-13,15H2,1H3,(H,27,28)(H2,24,25,26);1H. The monoisotopic (exact) mass is 522 g/mol. The quantitative estimate of drug-likeness (QED) is 0.247. The van der Waals surface area contributed by atoms with Gasteiger partial charge in [0.05, 0.1) is 6.26 Å². The minimum atomic E-state index is -0.291. The van der Waals surface area contributed by atoms with Crippen molar-refractivity contribution in [2.24, 2.45) is 4.99 Å². The van der Waals surface area contributed by atoms with Crippen LogP contribution >= 0.6 is 24.0 Å². The average Bonchev–Trinajstić information content (AvgIpc) is 3.28. The van der Waals surface area contributed by atoms with Crippen molar-refractivity contribution in [3.63, 3.8) is 0 Å². The number of aliphatic imine (C=N–C) groups is 1. The molecule has 3 rings (SSSR count). The van der Waals surface area contributed by atoms with Crippen LogP contribution in [-0.4, -0.2) is 25.5 Å².